The van der Waals surface area contributed by atoms with Gasteiger partial charge in [0.15, 0.2) is 0 Å². The average molecular weight is 306 g/mol. The summed E-state index contributed by atoms with van der Waals surface area (Å²) in [5.74, 6) is 0. The zero-order valence-corrected chi connectivity index (χ0v) is 13.1. The van der Waals surface area contributed by atoms with Gasteiger partial charge in [-0.25, -0.2) is 4.79 Å². The van der Waals surface area contributed by atoms with E-state index in [0.29, 0.717) is 0 Å². The monoisotopic (exact) mass is 306 g/mol. The first-order chi connectivity index (χ1) is 10.3. The molecule has 1 aromatic rings. The van der Waals surface area contributed by atoms with Crippen molar-refractivity contribution in [3.8, 4) is 0 Å². The molecule has 0 spiro atoms. The van der Waals surface area contributed by atoms with Gasteiger partial charge < -0.3 is 20.0 Å². The maximum absolute atomic E-state index is 12.5. The van der Waals surface area contributed by atoms with E-state index >= 15 is 0 Å². The van der Waals surface area contributed by atoms with Crippen LogP contribution in [0.2, 0.25) is 0 Å². The molecule has 0 aromatic heterocycles. The second-order valence-corrected chi connectivity index (χ2v) is 5.96. The van der Waals surface area contributed by atoms with Gasteiger partial charge in [-0.3, -0.25) is 0 Å². The molecule has 0 unspecified atom stereocenters. The molecule has 21 heavy (non-hydrogen) atoms. The molecular weight excluding hydrogens is 284 g/mol. The van der Waals surface area contributed by atoms with Crippen LogP contribution >= 0.6 is 12.6 Å². The summed E-state index contributed by atoms with van der Waals surface area (Å²) in [7, 11) is 0. The van der Waals surface area contributed by atoms with Gasteiger partial charge >= 0.3 is 6.03 Å². The predicted octanol–water partition coefficient (Wildman–Crippen LogP) is 1.12. The number of carbonyl (C=O) groups is 1. The summed E-state index contributed by atoms with van der Waals surface area (Å²) >= 11 is 4.52. The highest BCUT2D eigenvalue weighted by Crippen LogP contribution is 2.24. The smallest absolute Gasteiger partial charge is 0.320 e. The number of hydrogen-bond donors (Lipinski definition) is 2. The molecular formula is C15H22N4OS. The molecule has 2 saturated heterocycles. The SMILES string of the molecule is O=C(N1CCNCC1)N1CCN(c2ccccc2S)CC1. The normalized spacial score (nSPS) is 19.8. The van der Waals surface area contributed by atoms with Crippen LogP contribution in [-0.4, -0.2) is 68.2 Å². The summed E-state index contributed by atoms with van der Waals surface area (Å²) in [6.07, 6.45) is 0. The summed E-state index contributed by atoms with van der Waals surface area (Å²) in [4.78, 5) is 19.7. The molecule has 3 rings (SSSR count). The van der Waals surface area contributed by atoms with Crippen molar-refractivity contribution in [1.29, 1.82) is 0 Å². The Bertz CT molecular complexity index is 496. The Morgan fingerprint density at radius 1 is 0.952 bits per heavy atom. The van der Waals surface area contributed by atoms with Crippen LogP contribution in [0.15, 0.2) is 29.2 Å². The predicted molar refractivity (Wildman–Crippen MR) is 87.3 cm³/mol. The summed E-state index contributed by atoms with van der Waals surface area (Å²) in [6.45, 7) is 6.75. The number of nitrogens with one attached hydrogen (secondary N) is 1. The lowest BCUT2D eigenvalue weighted by Crippen LogP contribution is -2.56. The van der Waals surface area contributed by atoms with E-state index in [2.05, 4.69) is 28.9 Å². The number of urea groups is 1. The summed E-state index contributed by atoms with van der Waals surface area (Å²) in [6, 6.07) is 8.33. The second-order valence-electron chi connectivity index (χ2n) is 5.48. The average Bonchev–Trinajstić information content (AvgIpc) is 2.56. The third-order valence-corrected chi connectivity index (χ3v) is 4.54. The first-order valence-electron chi connectivity index (χ1n) is 7.53. The van der Waals surface area contributed by atoms with E-state index in [1.54, 1.807) is 0 Å². The van der Waals surface area contributed by atoms with Gasteiger partial charge in [0, 0.05) is 57.3 Å². The number of para-hydroxylation sites is 1. The van der Waals surface area contributed by atoms with Gasteiger partial charge in [-0.2, -0.15) is 0 Å². The minimum absolute atomic E-state index is 0.190. The van der Waals surface area contributed by atoms with E-state index in [4.69, 9.17) is 0 Å². The van der Waals surface area contributed by atoms with Crippen LogP contribution in [0.4, 0.5) is 10.5 Å². The lowest BCUT2D eigenvalue weighted by molar-refractivity contribution is 0.144. The Morgan fingerprint density at radius 3 is 2.24 bits per heavy atom. The lowest BCUT2D eigenvalue weighted by atomic mass is 10.2. The van der Waals surface area contributed by atoms with Crippen molar-refractivity contribution in [2.24, 2.45) is 0 Å². The minimum Gasteiger partial charge on any atom is -0.367 e. The molecule has 1 aromatic carbocycles. The summed E-state index contributed by atoms with van der Waals surface area (Å²) in [5.41, 5.74) is 1.16. The maximum Gasteiger partial charge on any atom is 0.320 e. The van der Waals surface area contributed by atoms with Crippen LogP contribution in [0.3, 0.4) is 0 Å². The van der Waals surface area contributed by atoms with E-state index < -0.39 is 0 Å². The van der Waals surface area contributed by atoms with Gasteiger partial charge in [-0.05, 0) is 12.1 Å². The molecule has 2 aliphatic heterocycles. The number of carbonyl (C=O) groups excluding carboxylic acids is 1. The van der Waals surface area contributed by atoms with Gasteiger partial charge in [0.1, 0.15) is 0 Å². The van der Waals surface area contributed by atoms with Crippen LogP contribution < -0.4 is 10.2 Å². The third kappa shape index (κ3) is 3.27. The van der Waals surface area contributed by atoms with Crippen molar-refractivity contribution in [3.05, 3.63) is 24.3 Å². The maximum atomic E-state index is 12.5. The molecule has 2 amide bonds. The molecule has 2 heterocycles. The largest absolute Gasteiger partial charge is 0.367 e. The zero-order valence-electron chi connectivity index (χ0n) is 12.2. The van der Waals surface area contributed by atoms with Gasteiger partial charge in [-0.1, -0.05) is 12.1 Å². The van der Waals surface area contributed by atoms with Gasteiger partial charge in [0.05, 0.1) is 5.69 Å². The van der Waals surface area contributed by atoms with Crippen LogP contribution in [0, 0.1) is 0 Å². The number of benzene rings is 1. The summed E-state index contributed by atoms with van der Waals surface area (Å²) in [5, 5.41) is 3.28. The van der Waals surface area contributed by atoms with Crippen LogP contribution in [0.5, 0.6) is 0 Å². The molecule has 0 radical (unpaired) electrons. The number of hydrogen-bond acceptors (Lipinski definition) is 4. The topological polar surface area (TPSA) is 38.8 Å². The van der Waals surface area contributed by atoms with Crippen molar-refractivity contribution in [2.75, 3.05) is 57.3 Å². The number of anilines is 1. The quantitative estimate of drug-likeness (QED) is 0.764. The Morgan fingerprint density at radius 2 is 1.57 bits per heavy atom. The van der Waals surface area contributed by atoms with E-state index in [-0.39, 0.29) is 6.03 Å². The van der Waals surface area contributed by atoms with Crippen molar-refractivity contribution < 1.29 is 4.79 Å². The highest BCUT2D eigenvalue weighted by molar-refractivity contribution is 7.80. The van der Waals surface area contributed by atoms with Crippen LogP contribution in [0.1, 0.15) is 0 Å². The number of rotatable bonds is 1. The fourth-order valence-electron chi connectivity index (χ4n) is 2.93. The molecule has 2 fully saturated rings. The van der Waals surface area contributed by atoms with Crippen LogP contribution in [0.25, 0.3) is 0 Å². The number of nitrogens with zero attached hydrogens (tertiary/aromatic N) is 3. The molecule has 5 nitrogen and oxygen atoms in total. The zero-order chi connectivity index (χ0) is 14.7. The molecule has 6 heteroatoms. The molecule has 1 N–H and O–H groups in total. The molecule has 0 aliphatic carbocycles. The van der Waals surface area contributed by atoms with E-state index in [9.17, 15) is 4.79 Å². The highest BCUT2D eigenvalue weighted by atomic mass is 32.1. The Hall–Kier alpha value is -1.40. The molecule has 0 atom stereocenters. The van der Waals surface area contributed by atoms with Gasteiger partial charge in [0.25, 0.3) is 0 Å². The first kappa shape index (κ1) is 14.5. The molecule has 0 saturated carbocycles. The molecule has 2 aliphatic rings. The molecule has 0 bridgehead atoms. The van der Waals surface area contributed by atoms with E-state index in [1.165, 1.54) is 0 Å². The Labute approximate surface area is 131 Å². The Balaban J connectivity index is 1.57. The second kappa shape index (κ2) is 6.58. The fourth-order valence-corrected chi connectivity index (χ4v) is 3.23. The van der Waals surface area contributed by atoms with Crippen molar-refractivity contribution in [1.82, 2.24) is 15.1 Å². The van der Waals surface area contributed by atoms with Crippen molar-refractivity contribution >= 4 is 24.3 Å². The van der Waals surface area contributed by atoms with Crippen molar-refractivity contribution in [3.63, 3.8) is 0 Å². The number of piperazine rings is 2. The summed E-state index contributed by atoms with van der Waals surface area (Å²) < 4.78 is 0. The third-order valence-electron chi connectivity index (χ3n) is 4.16. The lowest BCUT2D eigenvalue weighted by Gasteiger charge is -2.39. The van der Waals surface area contributed by atoms with Crippen LogP contribution in [-0.2, 0) is 0 Å². The van der Waals surface area contributed by atoms with Gasteiger partial charge in [-0.15, -0.1) is 12.6 Å². The Kier molecular flexibility index (Phi) is 4.55. The number of amides is 2. The minimum atomic E-state index is 0.190. The fraction of sp³-hybridized carbons (Fsp3) is 0.533. The standard InChI is InChI=1S/C15H22N4OS/c20-15(18-7-5-16-6-8-18)19-11-9-17(10-12-19)13-3-1-2-4-14(13)21/h1-4,16,21H,5-12H2. The van der Waals surface area contributed by atoms with E-state index in [1.807, 2.05) is 28.0 Å². The van der Waals surface area contributed by atoms with Gasteiger partial charge in [0.2, 0.25) is 0 Å². The van der Waals surface area contributed by atoms with E-state index in [0.717, 1.165) is 62.9 Å². The molecule has 114 valence electrons. The first-order valence-corrected chi connectivity index (χ1v) is 7.98. The highest BCUT2D eigenvalue weighted by Gasteiger charge is 2.26. The number of thiol groups is 1. The van der Waals surface area contributed by atoms with Crippen molar-refractivity contribution in [2.45, 2.75) is 4.90 Å².